The molecule has 0 aliphatic carbocycles. The minimum absolute atomic E-state index is 0.170. The first-order chi connectivity index (χ1) is 20.7. The second kappa shape index (κ2) is 36.3. The molecule has 0 aromatic carbocycles. The number of carbonyl (C=O) groups is 1. The van der Waals surface area contributed by atoms with E-state index in [0.29, 0.717) is 19.6 Å². The predicted octanol–water partition coefficient (Wildman–Crippen LogP) is 11.8. The summed E-state index contributed by atoms with van der Waals surface area (Å²) in [6.07, 6.45) is 41.0. The Morgan fingerprint density at radius 3 is 1.36 bits per heavy atom. The first-order valence-electron chi connectivity index (χ1n) is 18.8. The summed E-state index contributed by atoms with van der Waals surface area (Å²) in [4.78, 5) is 12.1. The Balaban J connectivity index is 3.42. The van der Waals surface area contributed by atoms with Crippen LogP contribution >= 0.6 is 0 Å². The van der Waals surface area contributed by atoms with Gasteiger partial charge in [0.1, 0.15) is 6.10 Å². The van der Waals surface area contributed by atoms with Gasteiger partial charge in [0.05, 0.1) is 13.2 Å². The molecular weight excluding hydrogens is 520 g/mol. The third-order valence-electron chi connectivity index (χ3n) is 8.34. The van der Waals surface area contributed by atoms with Gasteiger partial charge in [0.2, 0.25) is 0 Å². The zero-order valence-corrected chi connectivity index (χ0v) is 28.5. The molecule has 1 atom stereocenters. The van der Waals surface area contributed by atoms with Gasteiger partial charge in [-0.25, -0.2) is 0 Å². The van der Waals surface area contributed by atoms with Crippen LogP contribution in [0.5, 0.6) is 0 Å². The van der Waals surface area contributed by atoms with Gasteiger partial charge in [-0.05, 0) is 38.5 Å². The molecule has 42 heavy (non-hydrogen) atoms. The van der Waals surface area contributed by atoms with E-state index < -0.39 is 6.10 Å². The lowest BCUT2D eigenvalue weighted by Crippen LogP contribution is -2.27. The first kappa shape index (κ1) is 41.1. The molecular formula is C38H74O4. The van der Waals surface area contributed by atoms with Gasteiger partial charge in [-0.15, -0.1) is 0 Å². The fourth-order valence-corrected chi connectivity index (χ4v) is 5.50. The lowest BCUT2D eigenvalue weighted by molar-refractivity contribution is -0.154. The monoisotopic (exact) mass is 595 g/mol. The van der Waals surface area contributed by atoms with Gasteiger partial charge in [0, 0.05) is 13.0 Å². The first-order valence-corrected chi connectivity index (χ1v) is 18.8. The summed E-state index contributed by atoms with van der Waals surface area (Å²) >= 11 is 0. The maximum atomic E-state index is 12.1. The van der Waals surface area contributed by atoms with Crippen molar-refractivity contribution in [2.75, 3.05) is 19.8 Å². The lowest BCUT2D eigenvalue weighted by atomic mass is 10.0. The molecule has 0 spiro atoms. The van der Waals surface area contributed by atoms with Crippen LogP contribution in [0.2, 0.25) is 0 Å². The van der Waals surface area contributed by atoms with Gasteiger partial charge in [-0.1, -0.05) is 167 Å². The summed E-state index contributed by atoms with van der Waals surface area (Å²) in [5, 5.41) is 9.55. The molecule has 0 aliphatic rings. The van der Waals surface area contributed by atoms with Gasteiger partial charge in [0.15, 0.2) is 0 Å². The van der Waals surface area contributed by atoms with Gasteiger partial charge >= 0.3 is 5.97 Å². The van der Waals surface area contributed by atoms with Crippen molar-refractivity contribution in [1.29, 1.82) is 0 Å². The van der Waals surface area contributed by atoms with Crippen molar-refractivity contribution in [3.63, 3.8) is 0 Å². The molecule has 0 fully saturated rings. The van der Waals surface area contributed by atoms with Crippen molar-refractivity contribution >= 4 is 5.97 Å². The second-order valence-corrected chi connectivity index (χ2v) is 12.7. The van der Waals surface area contributed by atoms with Crippen LogP contribution in [0.4, 0.5) is 0 Å². The Labute approximate surface area is 263 Å². The quantitative estimate of drug-likeness (QED) is 0.0450. The van der Waals surface area contributed by atoms with Crippen LogP contribution in [0.1, 0.15) is 200 Å². The molecule has 0 radical (unpaired) electrons. The smallest absolute Gasteiger partial charge is 0.306 e. The topological polar surface area (TPSA) is 55.8 Å². The number of aliphatic hydroxyl groups is 1. The largest absolute Gasteiger partial charge is 0.457 e. The Kier molecular flexibility index (Phi) is 35.6. The van der Waals surface area contributed by atoms with Crippen LogP contribution in [-0.2, 0) is 14.3 Å². The van der Waals surface area contributed by atoms with E-state index >= 15 is 0 Å². The van der Waals surface area contributed by atoms with Crippen molar-refractivity contribution in [2.45, 2.75) is 206 Å². The van der Waals surface area contributed by atoms with Gasteiger partial charge in [-0.2, -0.15) is 0 Å². The number of unbranched alkanes of at least 4 members (excludes halogenated alkanes) is 25. The van der Waals surface area contributed by atoms with E-state index in [9.17, 15) is 9.90 Å². The number of esters is 1. The second-order valence-electron chi connectivity index (χ2n) is 12.7. The molecule has 0 amide bonds. The van der Waals surface area contributed by atoms with Crippen molar-refractivity contribution in [3.05, 3.63) is 12.2 Å². The van der Waals surface area contributed by atoms with Gasteiger partial charge < -0.3 is 14.6 Å². The van der Waals surface area contributed by atoms with Crippen LogP contribution in [-0.4, -0.2) is 37.0 Å². The Hall–Kier alpha value is -0.870. The fourth-order valence-electron chi connectivity index (χ4n) is 5.50. The van der Waals surface area contributed by atoms with E-state index in [1.165, 1.54) is 161 Å². The molecule has 1 N–H and O–H groups in total. The van der Waals surface area contributed by atoms with Gasteiger partial charge in [-0.3, -0.25) is 4.79 Å². The van der Waals surface area contributed by atoms with E-state index in [1.807, 2.05) is 0 Å². The Bertz CT molecular complexity index is 547. The SMILES string of the molecule is CCCCCCCCC/C=C\CCCCCCCC(=O)OC(CO)COCCCCCCCCCCCCCCCC. The summed E-state index contributed by atoms with van der Waals surface area (Å²) in [5.74, 6) is -0.206. The number of aliphatic hydroxyl groups excluding tert-OH is 1. The molecule has 0 saturated heterocycles. The molecule has 0 heterocycles. The predicted molar refractivity (Wildman–Crippen MR) is 182 cm³/mol. The molecule has 4 nitrogen and oxygen atoms in total. The minimum Gasteiger partial charge on any atom is -0.457 e. The number of hydrogen-bond donors (Lipinski definition) is 1. The van der Waals surface area contributed by atoms with Crippen LogP contribution in [0, 0.1) is 0 Å². The Morgan fingerprint density at radius 1 is 0.548 bits per heavy atom. The summed E-state index contributed by atoms with van der Waals surface area (Å²) in [6.45, 7) is 5.36. The van der Waals surface area contributed by atoms with Crippen LogP contribution in [0.15, 0.2) is 12.2 Å². The third-order valence-corrected chi connectivity index (χ3v) is 8.34. The van der Waals surface area contributed by atoms with Crippen molar-refractivity contribution in [2.24, 2.45) is 0 Å². The van der Waals surface area contributed by atoms with Crippen molar-refractivity contribution < 1.29 is 19.4 Å². The normalized spacial score (nSPS) is 12.4. The number of allylic oxidation sites excluding steroid dienone is 2. The average Bonchev–Trinajstić information content (AvgIpc) is 3.00. The molecule has 0 bridgehead atoms. The summed E-state index contributed by atoms with van der Waals surface area (Å²) in [5.41, 5.74) is 0. The zero-order chi connectivity index (χ0) is 30.6. The van der Waals surface area contributed by atoms with Crippen LogP contribution in [0.25, 0.3) is 0 Å². The fraction of sp³-hybridized carbons (Fsp3) is 0.921. The number of rotatable bonds is 35. The summed E-state index contributed by atoms with van der Waals surface area (Å²) in [6, 6.07) is 0. The number of hydrogen-bond acceptors (Lipinski definition) is 4. The zero-order valence-electron chi connectivity index (χ0n) is 28.5. The van der Waals surface area contributed by atoms with Crippen molar-refractivity contribution in [1.82, 2.24) is 0 Å². The Morgan fingerprint density at radius 2 is 0.929 bits per heavy atom. The molecule has 0 aromatic rings. The molecule has 0 aliphatic heterocycles. The van der Waals surface area contributed by atoms with E-state index in [4.69, 9.17) is 9.47 Å². The molecule has 1 unspecified atom stereocenters. The number of ether oxygens (including phenoxy) is 2. The highest BCUT2D eigenvalue weighted by Gasteiger charge is 2.13. The van der Waals surface area contributed by atoms with Crippen LogP contribution in [0.3, 0.4) is 0 Å². The molecule has 0 aromatic heterocycles. The standard InChI is InChI=1S/C38H74O4/c1-3-5-7-9-11-13-15-17-19-20-21-23-25-27-29-31-33-38(40)42-37(35-39)36-41-34-32-30-28-26-24-22-18-16-14-12-10-8-6-4-2/h19-20,37,39H,3-18,21-36H2,1-2H3/b20-19-. The molecule has 0 saturated carbocycles. The van der Waals surface area contributed by atoms with Gasteiger partial charge in [0.25, 0.3) is 0 Å². The maximum Gasteiger partial charge on any atom is 0.306 e. The highest BCUT2D eigenvalue weighted by molar-refractivity contribution is 5.69. The summed E-state index contributed by atoms with van der Waals surface area (Å²) in [7, 11) is 0. The van der Waals surface area contributed by atoms with E-state index in [-0.39, 0.29) is 12.6 Å². The van der Waals surface area contributed by atoms with E-state index in [0.717, 1.165) is 19.3 Å². The molecule has 4 heteroatoms. The highest BCUT2D eigenvalue weighted by Crippen LogP contribution is 2.14. The maximum absolute atomic E-state index is 12.1. The average molecular weight is 595 g/mol. The van der Waals surface area contributed by atoms with Crippen LogP contribution < -0.4 is 0 Å². The highest BCUT2D eigenvalue weighted by atomic mass is 16.6. The number of carbonyl (C=O) groups excluding carboxylic acids is 1. The third kappa shape index (κ3) is 33.6. The van der Waals surface area contributed by atoms with E-state index in [1.54, 1.807) is 0 Å². The lowest BCUT2D eigenvalue weighted by Gasteiger charge is -2.15. The molecule has 0 rings (SSSR count). The minimum atomic E-state index is -0.531. The van der Waals surface area contributed by atoms with Crippen molar-refractivity contribution in [3.8, 4) is 0 Å². The molecule has 250 valence electrons. The summed E-state index contributed by atoms with van der Waals surface area (Å²) < 4.78 is 11.1. The van der Waals surface area contributed by atoms with E-state index in [2.05, 4.69) is 26.0 Å².